The van der Waals surface area contributed by atoms with Gasteiger partial charge in [0.2, 0.25) is 0 Å². The molecule has 2 nitrogen and oxygen atoms in total. The van der Waals surface area contributed by atoms with Crippen LogP contribution in [0.1, 0.15) is 24.8 Å². The van der Waals surface area contributed by atoms with Crippen LogP contribution in [0.25, 0.3) is 0 Å². The number of alkyl halides is 3. The van der Waals surface area contributed by atoms with Gasteiger partial charge in [-0.25, -0.2) is 4.39 Å². The third kappa shape index (κ3) is 2.88. The van der Waals surface area contributed by atoms with Crippen molar-refractivity contribution in [1.29, 1.82) is 0 Å². The maximum atomic E-state index is 13.8. The van der Waals surface area contributed by atoms with Crippen LogP contribution in [0.2, 0.25) is 0 Å². The summed E-state index contributed by atoms with van der Waals surface area (Å²) in [5, 5.41) is 0. The Labute approximate surface area is 108 Å². The highest BCUT2D eigenvalue weighted by Crippen LogP contribution is 2.33. The van der Waals surface area contributed by atoms with Crippen molar-refractivity contribution in [3.05, 3.63) is 29.6 Å². The van der Waals surface area contributed by atoms with Crippen LogP contribution in [0.15, 0.2) is 18.2 Å². The highest BCUT2D eigenvalue weighted by Gasteiger charge is 2.32. The van der Waals surface area contributed by atoms with E-state index < -0.39 is 23.6 Å². The monoisotopic (exact) mass is 275 g/mol. The first kappa shape index (κ1) is 13.8. The van der Waals surface area contributed by atoms with Gasteiger partial charge in [0.05, 0.1) is 17.3 Å². The van der Waals surface area contributed by atoms with Crippen molar-refractivity contribution in [3.8, 4) is 0 Å². The summed E-state index contributed by atoms with van der Waals surface area (Å²) >= 11 is 0. The zero-order valence-electron chi connectivity index (χ0n) is 10.1. The number of hydrogen-bond donors (Lipinski definition) is 0. The van der Waals surface area contributed by atoms with Gasteiger partial charge < -0.3 is 9.69 Å². The molecule has 104 valence electrons. The zero-order chi connectivity index (χ0) is 14.0. The number of piperidine rings is 1. The standard InChI is InChI=1S/C13H13F4NO/c14-11-7-9(13(15,16)17)4-5-12(11)18-6-2-1-3-10(18)8-19/h4-5,7-8,10H,1-3,6H2. The molecule has 0 saturated carbocycles. The first-order chi connectivity index (χ1) is 8.93. The van der Waals surface area contributed by atoms with Crippen LogP contribution < -0.4 is 4.90 Å². The van der Waals surface area contributed by atoms with Crippen LogP contribution in [0.3, 0.4) is 0 Å². The minimum atomic E-state index is -4.56. The van der Waals surface area contributed by atoms with Crippen molar-refractivity contribution in [2.75, 3.05) is 11.4 Å². The highest BCUT2D eigenvalue weighted by atomic mass is 19.4. The average molecular weight is 275 g/mol. The van der Waals surface area contributed by atoms with E-state index in [1.54, 1.807) is 0 Å². The molecule has 0 aliphatic carbocycles. The SMILES string of the molecule is O=CC1CCCCN1c1ccc(C(F)(F)F)cc1F. The number of carbonyl (C=O) groups is 1. The predicted octanol–water partition coefficient (Wildman–Crippen LogP) is 3.40. The van der Waals surface area contributed by atoms with Gasteiger partial charge in [-0.05, 0) is 37.5 Å². The van der Waals surface area contributed by atoms with Crippen LogP contribution in [0, 0.1) is 5.82 Å². The van der Waals surface area contributed by atoms with Crippen LogP contribution in [-0.4, -0.2) is 18.9 Å². The number of nitrogens with zero attached hydrogens (tertiary/aromatic N) is 1. The minimum absolute atomic E-state index is 0.0600. The molecule has 1 saturated heterocycles. The van der Waals surface area contributed by atoms with Crippen molar-refractivity contribution < 1.29 is 22.4 Å². The van der Waals surface area contributed by atoms with E-state index >= 15 is 0 Å². The molecule has 0 N–H and O–H groups in total. The third-order valence-electron chi connectivity index (χ3n) is 3.29. The number of carbonyl (C=O) groups excluding carboxylic acids is 1. The molecule has 1 aliphatic heterocycles. The Hall–Kier alpha value is -1.59. The molecule has 1 unspecified atom stereocenters. The van der Waals surface area contributed by atoms with E-state index in [2.05, 4.69) is 0 Å². The lowest BCUT2D eigenvalue weighted by atomic mass is 10.0. The highest BCUT2D eigenvalue weighted by molar-refractivity contribution is 5.67. The topological polar surface area (TPSA) is 20.3 Å². The van der Waals surface area contributed by atoms with Gasteiger partial charge in [0.15, 0.2) is 0 Å². The first-order valence-corrected chi connectivity index (χ1v) is 6.02. The van der Waals surface area contributed by atoms with Crippen LogP contribution in [-0.2, 0) is 11.0 Å². The lowest BCUT2D eigenvalue weighted by molar-refractivity contribution is -0.137. The molecule has 6 heteroatoms. The fourth-order valence-corrected chi connectivity index (χ4v) is 2.31. The van der Waals surface area contributed by atoms with E-state index in [1.165, 1.54) is 4.90 Å². The summed E-state index contributed by atoms with van der Waals surface area (Å²) in [5.74, 6) is -0.941. The molecular formula is C13H13F4NO. The van der Waals surface area contributed by atoms with Gasteiger partial charge in [0, 0.05) is 6.54 Å². The molecular weight excluding hydrogens is 262 g/mol. The Morgan fingerprint density at radius 2 is 2.00 bits per heavy atom. The quantitative estimate of drug-likeness (QED) is 0.609. The molecule has 1 aromatic rings. The van der Waals surface area contributed by atoms with E-state index in [0.717, 1.165) is 31.3 Å². The maximum absolute atomic E-state index is 13.8. The van der Waals surface area contributed by atoms with E-state index in [9.17, 15) is 22.4 Å². The van der Waals surface area contributed by atoms with Gasteiger partial charge in [-0.3, -0.25) is 0 Å². The molecule has 0 amide bonds. The fraction of sp³-hybridized carbons (Fsp3) is 0.462. The number of rotatable bonds is 2. The van der Waals surface area contributed by atoms with Gasteiger partial charge in [-0.15, -0.1) is 0 Å². The molecule has 2 rings (SSSR count). The molecule has 0 radical (unpaired) electrons. The second-order valence-electron chi connectivity index (χ2n) is 4.56. The van der Waals surface area contributed by atoms with E-state index in [0.29, 0.717) is 19.0 Å². The van der Waals surface area contributed by atoms with Gasteiger partial charge in [0.25, 0.3) is 0 Å². The summed E-state index contributed by atoms with van der Waals surface area (Å²) in [6, 6.07) is 1.96. The Kier molecular flexibility index (Phi) is 3.78. The van der Waals surface area contributed by atoms with Gasteiger partial charge in [-0.1, -0.05) is 0 Å². The summed E-state index contributed by atoms with van der Waals surface area (Å²) < 4.78 is 51.2. The van der Waals surface area contributed by atoms with Crippen molar-refractivity contribution in [3.63, 3.8) is 0 Å². The fourth-order valence-electron chi connectivity index (χ4n) is 2.31. The van der Waals surface area contributed by atoms with Crippen LogP contribution in [0.5, 0.6) is 0 Å². The lowest BCUT2D eigenvalue weighted by Gasteiger charge is -2.34. The summed E-state index contributed by atoms with van der Waals surface area (Å²) in [6.07, 6.45) is -1.58. The summed E-state index contributed by atoms with van der Waals surface area (Å²) in [7, 11) is 0. The number of hydrogen-bond acceptors (Lipinski definition) is 2. The number of anilines is 1. The smallest absolute Gasteiger partial charge is 0.359 e. The first-order valence-electron chi connectivity index (χ1n) is 6.02. The van der Waals surface area contributed by atoms with Crippen molar-refractivity contribution in [1.82, 2.24) is 0 Å². The second-order valence-corrected chi connectivity index (χ2v) is 4.56. The largest absolute Gasteiger partial charge is 0.416 e. The van der Waals surface area contributed by atoms with Crippen molar-refractivity contribution in [2.24, 2.45) is 0 Å². The predicted molar refractivity (Wildman–Crippen MR) is 62.5 cm³/mol. The minimum Gasteiger partial charge on any atom is -0.359 e. The van der Waals surface area contributed by atoms with Gasteiger partial charge in [-0.2, -0.15) is 13.2 Å². The van der Waals surface area contributed by atoms with Gasteiger partial charge >= 0.3 is 6.18 Å². The Bertz CT molecular complexity index is 472. The molecule has 0 aromatic heterocycles. The maximum Gasteiger partial charge on any atom is 0.416 e. The number of halogens is 4. The zero-order valence-corrected chi connectivity index (χ0v) is 10.1. The third-order valence-corrected chi connectivity index (χ3v) is 3.29. The van der Waals surface area contributed by atoms with Crippen molar-refractivity contribution in [2.45, 2.75) is 31.5 Å². The molecule has 0 bridgehead atoms. The van der Waals surface area contributed by atoms with E-state index in [-0.39, 0.29) is 5.69 Å². The second kappa shape index (κ2) is 5.19. The number of aldehydes is 1. The summed E-state index contributed by atoms with van der Waals surface area (Å²) in [5.41, 5.74) is -0.960. The summed E-state index contributed by atoms with van der Waals surface area (Å²) in [4.78, 5) is 12.5. The lowest BCUT2D eigenvalue weighted by Crippen LogP contribution is -2.41. The van der Waals surface area contributed by atoms with E-state index in [4.69, 9.17) is 0 Å². The Balaban J connectivity index is 2.32. The summed E-state index contributed by atoms with van der Waals surface area (Å²) in [6.45, 7) is 0.478. The Morgan fingerprint density at radius 1 is 1.26 bits per heavy atom. The molecule has 19 heavy (non-hydrogen) atoms. The van der Waals surface area contributed by atoms with E-state index in [1.807, 2.05) is 0 Å². The van der Waals surface area contributed by atoms with Crippen LogP contribution >= 0.6 is 0 Å². The average Bonchev–Trinajstić information content (AvgIpc) is 2.37. The molecule has 0 spiro atoms. The van der Waals surface area contributed by atoms with Gasteiger partial charge in [0.1, 0.15) is 12.1 Å². The van der Waals surface area contributed by atoms with Crippen molar-refractivity contribution >= 4 is 12.0 Å². The molecule has 1 heterocycles. The molecule has 1 aliphatic rings. The number of benzene rings is 1. The molecule has 1 fully saturated rings. The molecule has 1 aromatic carbocycles. The molecule has 1 atom stereocenters. The van der Waals surface area contributed by atoms with Crippen LogP contribution in [0.4, 0.5) is 23.2 Å². The normalized spacial score (nSPS) is 20.4. The Morgan fingerprint density at radius 3 is 2.58 bits per heavy atom.